The number of carbonyl (C=O) groups is 1. The summed E-state index contributed by atoms with van der Waals surface area (Å²) in [5, 5.41) is 4.19. The summed E-state index contributed by atoms with van der Waals surface area (Å²) in [6, 6.07) is 18.8. The molecule has 0 saturated carbocycles. The van der Waals surface area contributed by atoms with Crippen LogP contribution in [-0.2, 0) is 6.42 Å². The molecule has 0 aliphatic carbocycles. The molecule has 1 aromatic heterocycles. The van der Waals surface area contributed by atoms with Gasteiger partial charge < -0.3 is 20.1 Å². The lowest BCUT2D eigenvalue weighted by molar-refractivity contribution is 0.103. The van der Waals surface area contributed by atoms with Crippen molar-refractivity contribution in [3.05, 3.63) is 83.0 Å². The summed E-state index contributed by atoms with van der Waals surface area (Å²) < 4.78 is 5.42. The standard InChI is InChI=1S/C25H30N6O2/c1-17(14-18-10-9-13-20(15-18)23(32)19-11-7-6-8-12-19)21-16-22(33-29-21)27-25(31(4)5)28-24(26)30(2)3/h6-13,15-17H,14H2,1-5H3,(H2,26,27,28). The fourth-order valence-corrected chi connectivity index (χ4v) is 3.14. The molecule has 0 bridgehead atoms. The average Bonchev–Trinajstić information content (AvgIpc) is 3.27. The van der Waals surface area contributed by atoms with E-state index in [0.717, 1.165) is 11.3 Å². The molecule has 0 radical (unpaired) electrons. The van der Waals surface area contributed by atoms with Gasteiger partial charge in [0.1, 0.15) is 0 Å². The van der Waals surface area contributed by atoms with Gasteiger partial charge in [-0.2, -0.15) is 9.98 Å². The normalized spacial score (nSPS) is 13.0. The van der Waals surface area contributed by atoms with Crippen LogP contribution < -0.4 is 5.73 Å². The molecule has 0 spiro atoms. The largest absolute Gasteiger partial charge is 0.369 e. The summed E-state index contributed by atoms with van der Waals surface area (Å²) in [6.45, 7) is 2.06. The third kappa shape index (κ3) is 6.29. The Balaban J connectivity index is 1.75. The molecule has 172 valence electrons. The number of nitrogens with zero attached hydrogens (tertiary/aromatic N) is 5. The Bertz CT molecular complexity index is 1150. The predicted molar refractivity (Wildman–Crippen MR) is 131 cm³/mol. The molecule has 0 aliphatic heterocycles. The zero-order valence-corrected chi connectivity index (χ0v) is 19.7. The number of hydrogen-bond donors (Lipinski definition) is 1. The summed E-state index contributed by atoms with van der Waals surface area (Å²) >= 11 is 0. The number of benzene rings is 2. The molecule has 2 N–H and O–H groups in total. The van der Waals surface area contributed by atoms with Crippen LogP contribution in [0.4, 0.5) is 5.88 Å². The molecular formula is C25H30N6O2. The third-order valence-electron chi connectivity index (χ3n) is 5.07. The fourth-order valence-electron chi connectivity index (χ4n) is 3.14. The van der Waals surface area contributed by atoms with E-state index in [2.05, 4.69) is 22.1 Å². The quantitative estimate of drug-likeness (QED) is 0.352. The van der Waals surface area contributed by atoms with Crippen molar-refractivity contribution in [2.45, 2.75) is 19.3 Å². The monoisotopic (exact) mass is 446 g/mol. The zero-order chi connectivity index (χ0) is 24.0. The highest BCUT2D eigenvalue weighted by atomic mass is 16.5. The predicted octanol–water partition coefficient (Wildman–Crippen LogP) is 3.68. The van der Waals surface area contributed by atoms with E-state index in [0.29, 0.717) is 35.4 Å². The van der Waals surface area contributed by atoms with E-state index in [1.165, 1.54) is 0 Å². The minimum Gasteiger partial charge on any atom is -0.369 e. The summed E-state index contributed by atoms with van der Waals surface area (Å²) in [7, 11) is 7.27. The van der Waals surface area contributed by atoms with Crippen molar-refractivity contribution in [2.75, 3.05) is 28.2 Å². The minimum atomic E-state index is 0.0110. The van der Waals surface area contributed by atoms with E-state index in [1.807, 2.05) is 82.8 Å². The van der Waals surface area contributed by atoms with Crippen molar-refractivity contribution in [3.63, 3.8) is 0 Å². The molecule has 3 aromatic rings. The van der Waals surface area contributed by atoms with Gasteiger partial charge in [-0.05, 0) is 18.1 Å². The van der Waals surface area contributed by atoms with E-state index in [1.54, 1.807) is 15.9 Å². The number of ketones is 1. The number of nitrogens with two attached hydrogens (primary N) is 1. The van der Waals surface area contributed by atoms with Gasteiger partial charge in [-0.25, -0.2) is 0 Å². The molecular weight excluding hydrogens is 416 g/mol. The van der Waals surface area contributed by atoms with Crippen molar-refractivity contribution in [2.24, 2.45) is 15.7 Å². The Kier molecular flexibility index (Phi) is 7.61. The number of guanidine groups is 2. The molecule has 33 heavy (non-hydrogen) atoms. The Morgan fingerprint density at radius 2 is 1.70 bits per heavy atom. The molecule has 1 atom stereocenters. The maximum atomic E-state index is 12.8. The van der Waals surface area contributed by atoms with Gasteiger partial charge in [0.2, 0.25) is 5.96 Å². The van der Waals surface area contributed by atoms with Crippen molar-refractivity contribution >= 4 is 23.6 Å². The van der Waals surface area contributed by atoms with Gasteiger partial charge in [0.15, 0.2) is 11.7 Å². The van der Waals surface area contributed by atoms with Crippen LogP contribution in [0.1, 0.15) is 40.0 Å². The highest BCUT2D eigenvalue weighted by molar-refractivity contribution is 6.09. The van der Waals surface area contributed by atoms with E-state index in [-0.39, 0.29) is 11.7 Å². The molecule has 2 aromatic carbocycles. The first-order valence-electron chi connectivity index (χ1n) is 10.7. The maximum Gasteiger partial charge on any atom is 0.253 e. The number of rotatable bonds is 6. The summed E-state index contributed by atoms with van der Waals surface area (Å²) in [5.74, 6) is 1.17. The minimum absolute atomic E-state index is 0.0110. The lowest BCUT2D eigenvalue weighted by Gasteiger charge is -2.14. The van der Waals surface area contributed by atoms with E-state index in [4.69, 9.17) is 10.3 Å². The van der Waals surface area contributed by atoms with Crippen molar-refractivity contribution in [1.82, 2.24) is 15.0 Å². The second-order valence-corrected chi connectivity index (χ2v) is 8.26. The number of hydrogen-bond acceptors (Lipinski definition) is 4. The summed E-state index contributed by atoms with van der Waals surface area (Å²) in [4.78, 5) is 25.0. The SMILES string of the molecule is CC(Cc1cccc(C(=O)c2ccccc2)c1)c1cc(N=C(N=C(N)N(C)C)N(C)C)on1. The topological polar surface area (TPSA) is 100 Å². The summed E-state index contributed by atoms with van der Waals surface area (Å²) in [6.07, 6.45) is 0.706. The van der Waals surface area contributed by atoms with Gasteiger partial charge in [0.25, 0.3) is 5.88 Å². The van der Waals surface area contributed by atoms with Crippen molar-refractivity contribution in [1.29, 1.82) is 0 Å². The van der Waals surface area contributed by atoms with Gasteiger partial charge in [-0.3, -0.25) is 4.79 Å². The first-order chi connectivity index (χ1) is 15.7. The molecule has 8 heteroatoms. The van der Waals surface area contributed by atoms with Gasteiger partial charge in [-0.15, -0.1) is 0 Å². The Morgan fingerprint density at radius 3 is 2.36 bits per heavy atom. The van der Waals surface area contributed by atoms with Crippen LogP contribution in [0.5, 0.6) is 0 Å². The van der Waals surface area contributed by atoms with E-state index in [9.17, 15) is 4.79 Å². The van der Waals surface area contributed by atoms with E-state index < -0.39 is 0 Å². The molecule has 0 fully saturated rings. The summed E-state index contributed by atoms with van der Waals surface area (Å²) in [5.41, 5.74) is 9.09. The van der Waals surface area contributed by atoms with Gasteiger partial charge >= 0.3 is 0 Å². The maximum absolute atomic E-state index is 12.8. The van der Waals surface area contributed by atoms with Crippen LogP contribution in [0.25, 0.3) is 0 Å². The third-order valence-corrected chi connectivity index (χ3v) is 5.07. The highest BCUT2D eigenvalue weighted by Gasteiger charge is 2.15. The fraction of sp³-hybridized carbons (Fsp3) is 0.280. The Morgan fingerprint density at radius 1 is 1.00 bits per heavy atom. The van der Waals surface area contributed by atoms with Gasteiger partial charge in [0, 0.05) is 51.3 Å². The lowest BCUT2D eigenvalue weighted by atomic mass is 9.95. The molecule has 0 aliphatic rings. The smallest absolute Gasteiger partial charge is 0.253 e. The molecule has 1 unspecified atom stereocenters. The molecule has 3 rings (SSSR count). The van der Waals surface area contributed by atoms with Gasteiger partial charge in [0.05, 0.1) is 5.69 Å². The Labute approximate surface area is 194 Å². The first-order valence-corrected chi connectivity index (χ1v) is 10.7. The average molecular weight is 447 g/mol. The van der Waals surface area contributed by atoms with E-state index >= 15 is 0 Å². The zero-order valence-electron chi connectivity index (χ0n) is 19.7. The van der Waals surface area contributed by atoms with Crippen molar-refractivity contribution < 1.29 is 9.32 Å². The van der Waals surface area contributed by atoms with Crippen LogP contribution in [0.15, 0.2) is 75.2 Å². The molecule has 0 saturated heterocycles. The van der Waals surface area contributed by atoms with Crippen LogP contribution in [0.2, 0.25) is 0 Å². The van der Waals surface area contributed by atoms with Crippen LogP contribution >= 0.6 is 0 Å². The van der Waals surface area contributed by atoms with Gasteiger partial charge in [-0.1, -0.05) is 60.6 Å². The Hall–Kier alpha value is -3.94. The second-order valence-electron chi connectivity index (χ2n) is 8.26. The first kappa shape index (κ1) is 23.7. The second kappa shape index (κ2) is 10.6. The van der Waals surface area contributed by atoms with Crippen LogP contribution in [-0.4, -0.2) is 60.8 Å². The van der Waals surface area contributed by atoms with Crippen LogP contribution in [0, 0.1) is 0 Å². The number of aromatic nitrogens is 1. The molecule has 1 heterocycles. The number of carbonyl (C=O) groups excluding carboxylic acids is 1. The number of aliphatic imine (C=N–C) groups is 2. The molecule has 8 nitrogen and oxygen atoms in total. The molecule has 0 amide bonds. The van der Waals surface area contributed by atoms with Crippen LogP contribution in [0.3, 0.4) is 0 Å². The lowest BCUT2D eigenvalue weighted by Crippen LogP contribution is -2.33. The highest BCUT2D eigenvalue weighted by Crippen LogP contribution is 2.25. The van der Waals surface area contributed by atoms with Crippen molar-refractivity contribution in [3.8, 4) is 0 Å².